The van der Waals surface area contributed by atoms with Crippen LogP contribution in [0.15, 0.2) is 42.5 Å². The molecule has 0 aromatic heterocycles. The Morgan fingerprint density at radius 2 is 1.94 bits per heavy atom. The second kappa shape index (κ2) is 5.08. The van der Waals surface area contributed by atoms with E-state index < -0.39 is 0 Å². The normalized spacial score (nSPS) is 10.4. The number of benzene rings is 2. The third-order valence-electron chi connectivity index (χ3n) is 2.93. The molecule has 0 amide bonds. The number of nitrogens with zero attached hydrogens (tertiary/aromatic N) is 1. The molecule has 2 rings (SSSR count). The van der Waals surface area contributed by atoms with E-state index in [4.69, 9.17) is 5.73 Å². The summed E-state index contributed by atoms with van der Waals surface area (Å²) in [6.07, 6.45) is 0. The van der Waals surface area contributed by atoms with E-state index in [0.717, 1.165) is 12.2 Å². The van der Waals surface area contributed by atoms with Crippen LogP contribution in [0.2, 0.25) is 0 Å². The second-order valence-electron chi connectivity index (χ2n) is 4.55. The van der Waals surface area contributed by atoms with Crippen molar-refractivity contribution >= 4 is 11.4 Å². The number of anilines is 2. The summed E-state index contributed by atoms with van der Waals surface area (Å²) in [6.45, 7) is 2.80. The van der Waals surface area contributed by atoms with Crippen molar-refractivity contribution in [1.29, 1.82) is 0 Å². The first-order valence-electron chi connectivity index (χ1n) is 5.88. The highest BCUT2D eigenvalue weighted by Gasteiger charge is 2.05. The van der Waals surface area contributed by atoms with Gasteiger partial charge in [0.15, 0.2) is 0 Å². The quantitative estimate of drug-likeness (QED) is 0.839. The van der Waals surface area contributed by atoms with Crippen molar-refractivity contribution in [3.63, 3.8) is 0 Å². The van der Waals surface area contributed by atoms with Gasteiger partial charge in [-0.05, 0) is 30.7 Å². The van der Waals surface area contributed by atoms with Crippen LogP contribution in [0.3, 0.4) is 0 Å². The highest BCUT2D eigenvalue weighted by atomic mass is 19.1. The van der Waals surface area contributed by atoms with Crippen molar-refractivity contribution in [3.8, 4) is 0 Å². The summed E-state index contributed by atoms with van der Waals surface area (Å²) in [5.41, 5.74) is 8.90. The Bertz CT molecular complexity index is 552. The summed E-state index contributed by atoms with van der Waals surface area (Å²) < 4.78 is 13.4. The van der Waals surface area contributed by atoms with Crippen LogP contribution in [-0.2, 0) is 6.54 Å². The number of nitrogen functional groups attached to an aromatic ring is 1. The molecule has 18 heavy (non-hydrogen) atoms. The van der Waals surface area contributed by atoms with E-state index in [1.807, 2.05) is 24.1 Å². The smallest absolute Gasteiger partial charge is 0.148 e. The predicted molar refractivity (Wildman–Crippen MR) is 74.1 cm³/mol. The highest BCUT2D eigenvalue weighted by molar-refractivity contribution is 5.54. The molecule has 0 aliphatic heterocycles. The molecule has 0 bridgehead atoms. The molecule has 0 spiro atoms. The van der Waals surface area contributed by atoms with E-state index >= 15 is 0 Å². The zero-order valence-corrected chi connectivity index (χ0v) is 10.7. The van der Waals surface area contributed by atoms with Gasteiger partial charge in [0.1, 0.15) is 5.82 Å². The fraction of sp³-hybridized carbons (Fsp3) is 0.200. The Kier molecular flexibility index (Phi) is 3.51. The van der Waals surface area contributed by atoms with Crippen molar-refractivity contribution in [2.75, 3.05) is 17.7 Å². The molecule has 2 nitrogen and oxygen atoms in total. The van der Waals surface area contributed by atoms with Crippen molar-refractivity contribution in [1.82, 2.24) is 0 Å². The lowest BCUT2D eigenvalue weighted by molar-refractivity contribution is 0.632. The molecule has 3 heteroatoms. The van der Waals surface area contributed by atoms with Gasteiger partial charge in [-0.1, -0.05) is 29.8 Å². The molecule has 0 unspecified atom stereocenters. The van der Waals surface area contributed by atoms with Crippen LogP contribution in [0.1, 0.15) is 11.1 Å². The molecule has 0 aliphatic carbocycles. The van der Waals surface area contributed by atoms with Gasteiger partial charge in [0.2, 0.25) is 0 Å². The fourth-order valence-corrected chi connectivity index (χ4v) is 1.93. The van der Waals surface area contributed by atoms with E-state index in [0.29, 0.717) is 0 Å². The molecule has 2 aromatic carbocycles. The van der Waals surface area contributed by atoms with Gasteiger partial charge in [-0.15, -0.1) is 0 Å². The lowest BCUT2D eigenvalue weighted by Gasteiger charge is -2.20. The molecular weight excluding hydrogens is 227 g/mol. The van der Waals surface area contributed by atoms with Crippen LogP contribution in [-0.4, -0.2) is 7.05 Å². The summed E-state index contributed by atoms with van der Waals surface area (Å²) in [6, 6.07) is 13.2. The topological polar surface area (TPSA) is 29.3 Å². The molecule has 0 saturated heterocycles. The van der Waals surface area contributed by atoms with E-state index in [-0.39, 0.29) is 11.5 Å². The monoisotopic (exact) mass is 244 g/mol. The van der Waals surface area contributed by atoms with Crippen molar-refractivity contribution in [2.24, 2.45) is 0 Å². The minimum atomic E-state index is -0.372. The molecule has 0 saturated carbocycles. The fourth-order valence-electron chi connectivity index (χ4n) is 1.93. The summed E-state index contributed by atoms with van der Waals surface area (Å²) in [4.78, 5) is 2.00. The maximum Gasteiger partial charge on any atom is 0.148 e. The van der Waals surface area contributed by atoms with Crippen LogP contribution in [0.5, 0.6) is 0 Å². The third-order valence-corrected chi connectivity index (χ3v) is 2.93. The van der Waals surface area contributed by atoms with Gasteiger partial charge in [-0.3, -0.25) is 0 Å². The Balaban J connectivity index is 2.16. The number of aryl methyl sites for hydroxylation is 1. The largest absolute Gasteiger partial charge is 0.396 e. The average Bonchev–Trinajstić information content (AvgIpc) is 2.32. The predicted octanol–water partition coefficient (Wildman–Crippen LogP) is 3.35. The van der Waals surface area contributed by atoms with Crippen LogP contribution in [0, 0.1) is 12.7 Å². The van der Waals surface area contributed by atoms with E-state index in [1.54, 1.807) is 6.07 Å². The van der Waals surface area contributed by atoms with E-state index in [2.05, 4.69) is 25.1 Å². The molecule has 94 valence electrons. The van der Waals surface area contributed by atoms with Gasteiger partial charge in [-0.25, -0.2) is 4.39 Å². The van der Waals surface area contributed by atoms with Gasteiger partial charge in [-0.2, -0.15) is 0 Å². The van der Waals surface area contributed by atoms with Gasteiger partial charge >= 0.3 is 0 Å². The van der Waals surface area contributed by atoms with Gasteiger partial charge in [0.05, 0.1) is 5.69 Å². The summed E-state index contributed by atoms with van der Waals surface area (Å²) in [5, 5.41) is 0. The number of nitrogens with two attached hydrogens (primary N) is 1. The molecule has 0 fully saturated rings. The number of hydrogen-bond donors (Lipinski definition) is 1. The Hall–Kier alpha value is -2.03. The third kappa shape index (κ3) is 2.80. The molecule has 2 N–H and O–H groups in total. The average molecular weight is 244 g/mol. The van der Waals surface area contributed by atoms with Crippen molar-refractivity contribution in [2.45, 2.75) is 13.5 Å². The lowest BCUT2D eigenvalue weighted by atomic mass is 10.1. The number of hydrogen-bond acceptors (Lipinski definition) is 2. The molecule has 0 radical (unpaired) electrons. The first-order valence-corrected chi connectivity index (χ1v) is 5.88. The second-order valence-corrected chi connectivity index (χ2v) is 4.55. The van der Waals surface area contributed by atoms with Crippen LogP contribution in [0.4, 0.5) is 15.8 Å². The lowest BCUT2D eigenvalue weighted by Crippen LogP contribution is -2.16. The SMILES string of the molecule is Cc1cccc(CN(C)c2ccc(N)c(F)c2)c1. The van der Waals surface area contributed by atoms with Crippen molar-refractivity contribution in [3.05, 3.63) is 59.4 Å². The number of halogens is 1. The van der Waals surface area contributed by atoms with Crippen LogP contribution in [0.25, 0.3) is 0 Å². The van der Waals surface area contributed by atoms with Crippen LogP contribution < -0.4 is 10.6 Å². The molecule has 0 atom stereocenters. The minimum Gasteiger partial charge on any atom is -0.396 e. The Morgan fingerprint density at radius 1 is 1.17 bits per heavy atom. The Labute approximate surface area is 107 Å². The molecular formula is C15H17FN2. The van der Waals surface area contributed by atoms with E-state index in [9.17, 15) is 4.39 Å². The minimum absolute atomic E-state index is 0.183. The zero-order valence-electron chi connectivity index (χ0n) is 10.7. The Morgan fingerprint density at radius 3 is 2.61 bits per heavy atom. The van der Waals surface area contributed by atoms with Gasteiger partial charge in [0.25, 0.3) is 0 Å². The standard InChI is InChI=1S/C15H17FN2/c1-11-4-3-5-12(8-11)10-18(2)13-6-7-15(17)14(16)9-13/h3-9H,10,17H2,1-2H3. The summed E-state index contributed by atoms with van der Waals surface area (Å²) >= 11 is 0. The summed E-state index contributed by atoms with van der Waals surface area (Å²) in [7, 11) is 1.94. The first kappa shape index (κ1) is 12.4. The van der Waals surface area contributed by atoms with Crippen molar-refractivity contribution < 1.29 is 4.39 Å². The molecule has 0 heterocycles. The maximum atomic E-state index is 13.4. The number of rotatable bonds is 3. The molecule has 2 aromatic rings. The van der Waals surface area contributed by atoms with E-state index in [1.165, 1.54) is 17.2 Å². The highest BCUT2D eigenvalue weighted by Crippen LogP contribution is 2.20. The summed E-state index contributed by atoms with van der Waals surface area (Å²) in [5.74, 6) is -0.372. The first-order chi connectivity index (χ1) is 8.56. The van der Waals surface area contributed by atoms with Crippen LogP contribution >= 0.6 is 0 Å². The van der Waals surface area contributed by atoms with Gasteiger partial charge in [0, 0.05) is 19.3 Å². The van der Waals surface area contributed by atoms with Gasteiger partial charge < -0.3 is 10.6 Å². The molecule has 0 aliphatic rings. The zero-order chi connectivity index (χ0) is 13.1. The maximum absolute atomic E-state index is 13.4.